The van der Waals surface area contributed by atoms with Gasteiger partial charge in [0.1, 0.15) is 12.2 Å². The Morgan fingerprint density at radius 1 is 1.64 bits per heavy atom. The van der Waals surface area contributed by atoms with Gasteiger partial charge in [-0.1, -0.05) is 5.11 Å². The molecule has 3 atom stereocenters. The smallest absolute Gasteiger partial charge is 0.108 e. The van der Waals surface area contributed by atoms with Crippen LogP contribution in [0.1, 0.15) is 0 Å². The molecular formula is C5H9N3O3. The molecule has 0 aromatic rings. The van der Waals surface area contributed by atoms with E-state index in [1.54, 1.807) is 0 Å². The van der Waals surface area contributed by atoms with E-state index in [4.69, 9.17) is 20.5 Å². The van der Waals surface area contributed by atoms with Gasteiger partial charge in [0.15, 0.2) is 0 Å². The van der Waals surface area contributed by atoms with Crippen molar-refractivity contribution in [3.63, 3.8) is 0 Å². The standard InChI is InChI=1S/C5H9N3O3/c6-8-7-1-4-5(10)3(9)2-11-4/h3-5,9-10H,1-2H2/t3-,4-,5-/m0/s1. The molecule has 6 heteroatoms. The zero-order valence-electron chi connectivity index (χ0n) is 5.79. The summed E-state index contributed by atoms with van der Waals surface area (Å²) in [6, 6.07) is 0. The molecule has 1 heterocycles. The Labute approximate surface area is 63.0 Å². The second-order valence-electron chi connectivity index (χ2n) is 2.34. The van der Waals surface area contributed by atoms with Gasteiger partial charge >= 0.3 is 0 Å². The lowest BCUT2D eigenvalue weighted by atomic mass is 10.1. The zero-order valence-corrected chi connectivity index (χ0v) is 5.79. The Hall–Kier alpha value is -0.810. The Bertz CT molecular complexity index is 180. The Kier molecular flexibility index (Phi) is 2.67. The molecule has 1 aliphatic heterocycles. The average Bonchev–Trinajstić information content (AvgIpc) is 2.31. The highest BCUT2D eigenvalue weighted by molar-refractivity contribution is 4.84. The highest BCUT2D eigenvalue weighted by atomic mass is 16.5. The molecule has 0 unspecified atom stereocenters. The molecule has 0 bridgehead atoms. The molecule has 0 amide bonds. The predicted molar refractivity (Wildman–Crippen MR) is 35.8 cm³/mol. The van der Waals surface area contributed by atoms with Crippen LogP contribution in [0.15, 0.2) is 5.11 Å². The number of hydrogen-bond acceptors (Lipinski definition) is 4. The molecule has 2 N–H and O–H groups in total. The van der Waals surface area contributed by atoms with Crippen molar-refractivity contribution >= 4 is 0 Å². The van der Waals surface area contributed by atoms with Gasteiger partial charge in [-0.05, 0) is 5.53 Å². The molecule has 1 saturated heterocycles. The Morgan fingerprint density at radius 3 is 2.82 bits per heavy atom. The zero-order chi connectivity index (χ0) is 8.27. The van der Waals surface area contributed by atoms with Gasteiger partial charge in [0.25, 0.3) is 0 Å². The lowest BCUT2D eigenvalue weighted by Gasteiger charge is -2.10. The molecule has 0 aliphatic carbocycles. The molecule has 1 fully saturated rings. The molecule has 0 saturated carbocycles. The molecule has 0 aromatic heterocycles. The van der Waals surface area contributed by atoms with Gasteiger partial charge in [-0.3, -0.25) is 0 Å². The summed E-state index contributed by atoms with van der Waals surface area (Å²) < 4.78 is 4.91. The maximum absolute atomic E-state index is 9.13. The third-order valence-corrected chi connectivity index (χ3v) is 1.58. The first-order valence-corrected chi connectivity index (χ1v) is 3.24. The minimum atomic E-state index is -0.930. The van der Waals surface area contributed by atoms with Crippen molar-refractivity contribution in [2.45, 2.75) is 18.3 Å². The minimum absolute atomic E-state index is 0.0642. The number of hydrogen-bond donors (Lipinski definition) is 2. The normalized spacial score (nSPS) is 36.7. The second-order valence-corrected chi connectivity index (χ2v) is 2.34. The predicted octanol–water partition coefficient (Wildman–Crippen LogP) is -0.583. The van der Waals surface area contributed by atoms with Crippen LogP contribution >= 0.6 is 0 Å². The fraction of sp³-hybridized carbons (Fsp3) is 1.00. The van der Waals surface area contributed by atoms with E-state index in [1.165, 1.54) is 0 Å². The lowest BCUT2D eigenvalue weighted by molar-refractivity contribution is 0.0276. The maximum Gasteiger partial charge on any atom is 0.108 e. The summed E-state index contributed by atoms with van der Waals surface area (Å²) in [6.07, 6.45) is -2.34. The van der Waals surface area contributed by atoms with Crippen molar-refractivity contribution in [1.82, 2.24) is 0 Å². The van der Waals surface area contributed by atoms with Crippen molar-refractivity contribution in [1.29, 1.82) is 0 Å². The topological polar surface area (TPSA) is 98.5 Å². The lowest BCUT2D eigenvalue weighted by Crippen LogP contribution is -2.31. The van der Waals surface area contributed by atoms with Crippen molar-refractivity contribution in [2.24, 2.45) is 5.11 Å². The van der Waals surface area contributed by atoms with Gasteiger partial charge in [0.05, 0.1) is 19.3 Å². The molecule has 0 radical (unpaired) electrons. The van der Waals surface area contributed by atoms with Gasteiger partial charge in [-0.15, -0.1) is 0 Å². The van der Waals surface area contributed by atoms with Crippen LogP contribution in [0.3, 0.4) is 0 Å². The molecule has 0 spiro atoms. The van der Waals surface area contributed by atoms with Crippen LogP contribution in [-0.2, 0) is 4.74 Å². The minimum Gasteiger partial charge on any atom is -0.388 e. The molecule has 1 aliphatic rings. The van der Waals surface area contributed by atoms with E-state index in [-0.39, 0.29) is 13.2 Å². The maximum atomic E-state index is 9.13. The number of aliphatic hydroxyl groups excluding tert-OH is 2. The largest absolute Gasteiger partial charge is 0.388 e. The van der Waals surface area contributed by atoms with Gasteiger partial charge in [0, 0.05) is 4.91 Å². The third kappa shape index (κ3) is 1.81. The van der Waals surface area contributed by atoms with Crippen LogP contribution in [0.2, 0.25) is 0 Å². The summed E-state index contributed by atoms with van der Waals surface area (Å²) in [4.78, 5) is 2.51. The highest BCUT2D eigenvalue weighted by Crippen LogP contribution is 2.14. The number of ether oxygens (including phenoxy) is 1. The van der Waals surface area contributed by atoms with E-state index in [0.717, 1.165) is 0 Å². The summed E-state index contributed by atoms with van der Waals surface area (Å²) >= 11 is 0. The van der Waals surface area contributed by atoms with Crippen LogP contribution in [0, 0.1) is 0 Å². The molecular weight excluding hydrogens is 150 g/mol. The highest BCUT2D eigenvalue weighted by Gasteiger charge is 2.33. The fourth-order valence-electron chi connectivity index (χ4n) is 0.945. The van der Waals surface area contributed by atoms with E-state index in [1.807, 2.05) is 0 Å². The monoisotopic (exact) mass is 159 g/mol. The van der Waals surface area contributed by atoms with Crippen LogP contribution < -0.4 is 0 Å². The molecule has 11 heavy (non-hydrogen) atoms. The van der Waals surface area contributed by atoms with E-state index >= 15 is 0 Å². The molecule has 62 valence electrons. The Balaban J connectivity index is 2.41. The average molecular weight is 159 g/mol. The van der Waals surface area contributed by atoms with Gasteiger partial charge in [0.2, 0.25) is 0 Å². The van der Waals surface area contributed by atoms with Crippen molar-refractivity contribution in [3.8, 4) is 0 Å². The first kappa shape index (κ1) is 8.29. The van der Waals surface area contributed by atoms with Crippen LogP contribution in [0.4, 0.5) is 0 Å². The summed E-state index contributed by atoms with van der Waals surface area (Å²) in [5.41, 5.74) is 7.94. The van der Waals surface area contributed by atoms with Crippen LogP contribution in [0.5, 0.6) is 0 Å². The van der Waals surface area contributed by atoms with E-state index < -0.39 is 18.3 Å². The van der Waals surface area contributed by atoms with E-state index in [9.17, 15) is 0 Å². The summed E-state index contributed by atoms with van der Waals surface area (Å²) in [5.74, 6) is 0. The first-order chi connectivity index (χ1) is 5.25. The fourth-order valence-corrected chi connectivity index (χ4v) is 0.945. The Morgan fingerprint density at radius 2 is 2.36 bits per heavy atom. The summed E-state index contributed by atoms with van der Waals surface area (Å²) in [5, 5.41) is 21.3. The SMILES string of the molecule is [N-]=[N+]=NC[C@@H]1OC[C@H](O)[C@@H]1O. The van der Waals surface area contributed by atoms with Crippen LogP contribution in [0.25, 0.3) is 10.4 Å². The summed E-state index contributed by atoms with van der Waals surface area (Å²) in [6.45, 7) is 0.168. The quantitative estimate of drug-likeness (QED) is 0.320. The van der Waals surface area contributed by atoms with Gasteiger partial charge in [-0.25, -0.2) is 0 Å². The van der Waals surface area contributed by atoms with Crippen molar-refractivity contribution in [3.05, 3.63) is 10.4 Å². The number of rotatable bonds is 2. The molecule has 6 nitrogen and oxygen atoms in total. The third-order valence-electron chi connectivity index (χ3n) is 1.58. The van der Waals surface area contributed by atoms with E-state index in [2.05, 4.69) is 10.0 Å². The van der Waals surface area contributed by atoms with Crippen molar-refractivity contribution in [2.75, 3.05) is 13.2 Å². The second kappa shape index (κ2) is 3.54. The van der Waals surface area contributed by atoms with Gasteiger partial charge in [-0.2, -0.15) is 0 Å². The first-order valence-electron chi connectivity index (χ1n) is 3.24. The van der Waals surface area contributed by atoms with Crippen LogP contribution in [-0.4, -0.2) is 41.7 Å². The van der Waals surface area contributed by atoms with E-state index in [0.29, 0.717) is 0 Å². The van der Waals surface area contributed by atoms with Crippen molar-refractivity contribution < 1.29 is 14.9 Å². The number of nitrogens with zero attached hydrogens (tertiary/aromatic N) is 3. The molecule has 0 aromatic carbocycles. The number of aliphatic hydroxyl groups is 2. The number of azide groups is 1. The molecule has 1 rings (SSSR count). The summed E-state index contributed by atoms with van der Waals surface area (Å²) in [7, 11) is 0. The van der Waals surface area contributed by atoms with Gasteiger partial charge < -0.3 is 14.9 Å².